The number of nitrogens with one attached hydrogen (secondary N) is 1. The van der Waals surface area contributed by atoms with Crippen LogP contribution in [-0.2, 0) is 23.2 Å². The van der Waals surface area contributed by atoms with Crippen LogP contribution in [0.5, 0.6) is 0 Å². The van der Waals surface area contributed by atoms with E-state index < -0.39 is 0 Å². The van der Waals surface area contributed by atoms with Crippen LogP contribution < -0.4 is 5.32 Å². The van der Waals surface area contributed by atoms with Crippen molar-refractivity contribution < 1.29 is 4.79 Å². The van der Waals surface area contributed by atoms with Gasteiger partial charge in [0.15, 0.2) is 0 Å². The van der Waals surface area contributed by atoms with Gasteiger partial charge in [-0.05, 0) is 44.6 Å². The molecule has 2 fully saturated rings. The Morgan fingerprint density at radius 3 is 2.97 bits per heavy atom. The molecule has 1 unspecified atom stereocenters. The highest BCUT2D eigenvalue weighted by Crippen LogP contribution is 2.48. The molecule has 1 saturated heterocycles. The van der Waals surface area contributed by atoms with E-state index in [1.807, 2.05) is 30.1 Å². The summed E-state index contributed by atoms with van der Waals surface area (Å²) in [7, 11) is 0. The maximum atomic E-state index is 12.4. The highest BCUT2D eigenvalue weighted by molar-refractivity contribution is 5.76. The van der Waals surface area contributed by atoms with Crippen molar-refractivity contribution in [1.82, 2.24) is 24.6 Å². The second kappa shape index (κ2) is 7.43. The minimum Gasteiger partial charge on any atom is -0.368 e. The summed E-state index contributed by atoms with van der Waals surface area (Å²) < 4.78 is 1.94. The minimum absolute atomic E-state index is 0.0173. The molecular weight excluding hydrogens is 364 g/mol. The van der Waals surface area contributed by atoms with Crippen molar-refractivity contribution in [3.63, 3.8) is 0 Å². The number of fused-ring (bicyclic) bond motifs is 2. The molecule has 1 aliphatic heterocycles. The fourth-order valence-corrected chi connectivity index (χ4v) is 5.02. The van der Waals surface area contributed by atoms with Crippen molar-refractivity contribution in [2.24, 2.45) is 0 Å². The molecule has 0 radical (unpaired) electrons. The van der Waals surface area contributed by atoms with Gasteiger partial charge >= 0.3 is 0 Å². The molecule has 3 aliphatic rings. The number of hydrogen-bond donors (Lipinski definition) is 1. The summed E-state index contributed by atoms with van der Waals surface area (Å²) >= 11 is 0. The van der Waals surface area contributed by atoms with E-state index in [2.05, 4.69) is 15.3 Å². The van der Waals surface area contributed by atoms with Crippen LogP contribution in [0.2, 0.25) is 0 Å². The summed E-state index contributed by atoms with van der Waals surface area (Å²) in [5.74, 6) is 2.80. The van der Waals surface area contributed by atoms with Gasteiger partial charge in [0.05, 0.1) is 12.2 Å². The van der Waals surface area contributed by atoms with Gasteiger partial charge in [-0.25, -0.2) is 9.97 Å². The summed E-state index contributed by atoms with van der Waals surface area (Å²) in [6, 6.07) is 1.95. The van der Waals surface area contributed by atoms with Gasteiger partial charge in [-0.1, -0.05) is 6.92 Å². The maximum absolute atomic E-state index is 12.4. The number of piperidine rings is 1. The molecule has 5 rings (SSSR count). The summed E-state index contributed by atoms with van der Waals surface area (Å²) in [6.45, 7) is 5.28. The van der Waals surface area contributed by atoms with Crippen LogP contribution in [0.15, 0.2) is 18.5 Å². The average molecular weight is 395 g/mol. The zero-order valence-electron chi connectivity index (χ0n) is 17.2. The molecule has 2 aliphatic carbocycles. The van der Waals surface area contributed by atoms with Crippen LogP contribution in [0.25, 0.3) is 0 Å². The second-order valence-corrected chi connectivity index (χ2v) is 8.78. The Morgan fingerprint density at radius 2 is 2.21 bits per heavy atom. The molecule has 0 aromatic carbocycles. The number of rotatable bonds is 6. The van der Waals surface area contributed by atoms with Crippen molar-refractivity contribution in [2.45, 2.75) is 69.7 Å². The maximum Gasteiger partial charge on any atom is 0.222 e. The van der Waals surface area contributed by atoms with Gasteiger partial charge in [-0.2, -0.15) is 5.10 Å². The first kappa shape index (κ1) is 18.6. The predicted molar refractivity (Wildman–Crippen MR) is 111 cm³/mol. The third kappa shape index (κ3) is 3.51. The number of carbonyl (C=O) groups excluding carboxylic acids is 1. The highest BCUT2D eigenvalue weighted by atomic mass is 16.2. The molecule has 29 heavy (non-hydrogen) atoms. The lowest BCUT2D eigenvalue weighted by molar-refractivity contribution is -0.133. The Hall–Kier alpha value is -2.44. The van der Waals surface area contributed by atoms with E-state index in [0.29, 0.717) is 12.3 Å². The molecule has 1 amide bonds. The van der Waals surface area contributed by atoms with Gasteiger partial charge in [-0.15, -0.1) is 0 Å². The van der Waals surface area contributed by atoms with E-state index in [-0.39, 0.29) is 11.3 Å². The van der Waals surface area contributed by atoms with E-state index in [4.69, 9.17) is 9.97 Å². The monoisotopic (exact) mass is 394 g/mol. The first-order valence-corrected chi connectivity index (χ1v) is 11.1. The van der Waals surface area contributed by atoms with E-state index in [0.717, 1.165) is 63.5 Å². The number of hydrogen-bond acceptors (Lipinski definition) is 5. The number of amides is 1. The molecule has 1 saturated carbocycles. The average Bonchev–Trinajstić information content (AvgIpc) is 3.37. The topological polar surface area (TPSA) is 75.9 Å². The Morgan fingerprint density at radius 1 is 1.31 bits per heavy atom. The number of nitrogens with zero attached hydrogens (tertiary/aromatic N) is 5. The first-order valence-electron chi connectivity index (χ1n) is 11.1. The van der Waals surface area contributed by atoms with Crippen LogP contribution >= 0.6 is 0 Å². The molecule has 3 heterocycles. The Balaban J connectivity index is 1.43. The zero-order chi connectivity index (χ0) is 19.8. The lowest BCUT2D eigenvalue weighted by Gasteiger charge is -2.40. The summed E-state index contributed by atoms with van der Waals surface area (Å²) in [6.07, 6.45) is 11.0. The minimum atomic E-state index is 0.0173. The molecule has 7 heteroatoms. The third-order valence-corrected chi connectivity index (χ3v) is 6.75. The van der Waals surface area contributed by atoms with E-state index >= 15 is 0 Å². The van der Waals surface area contributed by atoms with Crippen LogP contribution in [0.1, 0.15) is 68.4 Å². The fourth-order valence-electron chi connectivity index (χ4n) is 5.02. The highest BCUT2D eigenvalue weighted by Gasteiger charge is 2.46. The van der Waals surface area contributed by atoms with Crippen LogP contribution in [0, 0.1) is 0 Å². The first-order chi connectivity index (χ1) is 14.2. The number of anilines is 1. The van der Waals surface area contributed by atoms with Crippen molar-refractivity contribution in [3.8, 4) is 0 Å². The van der Waals surface area contributed by atoms with Crippen molar-refractivity contribution in [1.29, 1.82) is 0 Å². The van der Waals surface area contributed by atoms with Crippen LogP contribution in [0.4, 0.5) is 5.82 Å². The molecule has 1 atom stereocenters. The number of likely N-dealkylation sites (tertiary alicyclic amines) is 1. The lowest BCUT2D eigenvalue weighted by Crippen LogP contribution is -2.47. The van der Waals surface area contributed by atoms with Crippen LogP contribution in [-0.4, -0.2) is 50.2 Å². The second-order valence-electron chi connectivity index (χ2n) is 8.78. The van der Waals surface area contributed by atoms with E-state index in [1.165, 1.54) is 24.1 Å². The Labute approximate surface area is 171 Å². The van der Waals surface area contributed by atoms with Crippen molar-refractivity contribution in [2.75, 3.05) is 25.0 Å². The Kier molecular flexibility index (Phi) is 4.76. The molecule has 1 N–H and O–H groups in total. The SMILES string of the molecule is CCC(=O)N1CCCC2(CCc3c(NCCn4cccn4)nc(C4CC4)nc32)C1. The largest absolute Gasteiger partial charge is 0.368 e. The van der Waals surface area contributed by atoms with Gasteiger partial charge in [0.2, 0.25) is 5.91 Å². The molecular formula is C22H30N6O. The zero-order valence-corrected chi connectivity index (χ0v) is 17.2. The van der Waals surface area contributed by atoms with Crippen molar-refractivity contribution in [3.05, 3.63) is 35.5 Å². The van der Waals surface area contributed by atoms with Gasteiger partial charge in [0.1, 0.15) is 11.6 Å². The standard InChI is InChI=1S/C22H30N6O/c1-2-18(29)27-12-3-8-22(15-27)9-7-17-19(22)25-20(16-5-6-16)26-21(17)23-11-14-28-13-4-10-24-28/h4,10,13,16H,2-3,5-9,11-12,14-15H2,1H3,(H,23,25,26). The molecule has 2 aromatic rings. The smallest absolute Gasteiger partial charge is 0.222 e. The molecule has 154 valence electrons. The normalized spacial score (nSPS) is 23.4. The summed E-state index contributed by atoms with van der Waals surface area (Å²) in [4.78, 5) is 24.5. The molecule has 0 bridgehead atoms. The quantitative estimate of drug-likeness (QED) is 0.815. The van der Waals surface area contributed by atoms with Crippen molar-refractivity contribution >= 4 is 11.7 Å². The number of aromatic nitrogens is 4. The molecule has 7 nitrogen and oxygen atoms in total. The van der Waals surface area contributed by atoms with E-state index in [9.17, 15) is 4.79 Å². The third-order valence-electron chi connectivity index (χ3n) is 6.75. The lowest BCUT2D eigenvalue weighted by atomic mass is 9.77. The number of carbonyl (C=O) groups is 1. The Bertz CT molecular complexity index is 891. The molecule has 1 spiro atoms. The van der Waals surface area contributed by atoms with Gasteiger partial charge in [0.25, 0.3) is 0 Å². The van der Waals surface area contributed by atoms with Gasteiger partial charge in [-0.3, -0.25) is 9.48 Å². The fraction of sp³-hybridized carbons (Fsp3) is 0.636. The van der Waals surface area contributed by atoms with Crippen LogP contribution in [0.3, 0.4) is 0 Å². The molecule has 2 aromatic heterocycles. The van der Waals surface area contributed by atoms with Gasteiger partial charge in [0, 0.05) is 55.3 Å². The van der Waals surface area contributed by atoms with Gasteiger partial charge < -0.3 is 10.2 Å². The summed E-state index contributed by atoms with van der Waals surface area (Å²) in [5, 5.41) is 7.86. The predicted octanol–water partition coefficient (Wildman–Crippen LogP) is 2.88. The summed E-state index contributed by atoms with van der Waals surface area (Å²) in [5.41, 5.74) is 2.52. The van der Waals surface area contributed by atoms with E-state index in [1.54, 1.807) is 0 Å².